The monoisotopic (exact) mass is 392 g/mol. The number of carbonyl (C=O) groups is 1. The highest BCUT2D eigenvalue weighted by Crippen LogP contribution is 2.27. The van der Waals surface area contributed by atoms with Crippen molar-refractivity contribution in [3.63, 3.8) is 0 Å². The topological polar surface area (TPSA) is 110 Å². The Labute approximate surface area is 163 Å². The van der Waals surface area contributed by atoms with Gasteiger partial charge >= 0.3 is 0 Å². The Morgan fingerprint density at radius 1 is 1.07 bits per heavy atom. The molecule has 4 rings (SSSR count). The molecule has 4 aromatic rings. The smallest absolute Gasteiger partial charge is 0.269 e. The van der Waals surface area contributed by atoms with E-state index in [9.17, 15) is 24.5 Å². The minimum absolute atomic E-state index is 0.0693. The minimum atomic E-state index is -0.512. The van der Waals surface area contributed by atoms with E-state index in [1.807, 2.05) is 0 Å². The molecule has 0 unspecified atom stereocenters. The molecular weight excluding hydrogens is 379 g/mol. The number of anilines is 1. The summed E-state index contributed by atoms with van der Waals surface area (Å²) in [6.07, 6.45) is 0. The number of amides is 1. The number of rotatable bonds is 4. The Balaban J connectivity index is 1.64. The predicted molar refractivity (Wildman–Crippen MR) is 103 cm³/mol. The van der Waals surface area contributed by atoms with E-state index in [-0.39, 0.29) is 17.1 Å². The van der Waals surface area contributed by atoms with Crippen LogP contribution in [0.4, 0.5) is 15.8 Å². The molecule has 9 heteroatoms. The van der Waals surface area contributed by atoms with Gasteiger partial charge in [0.2, 0.25) is 0 Å². The standard InChI is InChI=1S/C20H13FN4O4/c21-14-5-1-13(2-6-14)20(26)22-15-7-10-17-18(11-15)24(27)19(23-17)12-3-8-16(9-4-12)25(28)29/h1-11,27H,(H,22,26). The van der Waals surface area contributed by atoms with Crippen LogP contribution in [0, 0.1) is 15.9 Å². The number of halogens is 1. The third kappa shape index (κ3) is 3.48. The van der Waals surface area contributed by atoms with Gasteiger partial charge in [0.05, 0.1) is 10.4 Å². The van der Waals surface area contributed by atoms with E-state index < -0.39 is 16.6 Å². The fourth-order valence-corrected chi connectivity index (χ4v) is 2.86. The fourth-order valence-electron chi connectivity index (χ4n) is 2.86. The Bertz CT molecular complexity index is 1230. The van der Waals surface area contributed by atoms with Crippen LogP contribution < -0.4 is 5.32 Å². The second kappa shape index (κ2) is 7.04. The summed E-state index contributed by atoms with van der Waals surface area (Å²) in [6, 6.07) is 15.5. The Morgan fingerprint density at radius 2 is 1.76 bits per heavy atom. The average Bonchev–Trinajstić information content (AvgIpc) is 3.05. The molecule has 0 spiro atoms. The molecule has 0 radical (unpaired) electrons. The zero-order chi connectivity index (χ0) is 20.5. The minimum Gasteiger partial charge on any atom is -0.426 e. The van der Waals surface area contributed by atoms with Gasteiger partial charge in [-0.2, -0.15) is 4.73 Å². The van der Waals surface area contributed by atoms with Gasteiger partial charge in [-0.25, -0.2) is 9.37 Å². The van der Waals surface area contributed by atoms with E-state index in [1.165, 1.54) is 48.5 Å². The summed E-state index contributed by atoms with van der Waals surface area (Å²) in [4.78, 5) is 26.9. The molecule has 1 aromatic heterocycles. The van der Waals surface area contributed by atoms with E-state index in [4.69, 9.17) is 0 Å². The first-order valence-corrected chi connectivity index (χ1v) is 8.46. The summed E-state index contributed by atoms with van der Waals surface area (Å²) in [5, 5.41) is 24.0. The SMILES string of the molecule is O=C(Nc1ccc2nc(-c3ccc([N+](=O)[O-])cc3)n(O)c2c1)c1ccc(F)cc1. The third-order valence-electron chi connectivity index (χ3n) is 4.33. The molecule has 0 fully saturated rings. The Kier molecular flexibility index (Phi) is 4.40. The van der Waals surface area contributed by atoms with E-state index >= 15 is 0 Å². The zero-order valence-electron chi connectivity index (χ0n) is 14.7. The van der Waals surface area contributed by atoms with Crippen LogP contribution in [0.5, 0.6) is 0 Å². The molecule has 8 nitrogen and oxygen atoms in total. The largest absolute Gasteiger partial charge is 0.426 e. The van der Waals surface area contributed by atoms with Crippen molar-refractivity contribution >= 4 is 28.3 Å². The lowest BCUT2D eigenvalue weighted by atomic mass is 10.2. The van der Waals surface area contributed by atoms with E-state index in [1.54, 1.807) is 18.2 Å². The van der Waals surface area contributed by atoms with E-state index in [0.717, 1.165) is 4.73 Å². The van der Waals surface area contributed by atoms with Crippen LogP contribution in [-0.4, -0.2) is 25.8 Å². The number of aromatic nitrogens is 2. The molecule has 1 heterocycles. The maximum absolute atomic E-state index is 13.0. The van der Waals surface area contributed by atoms with Crippen LogP contribution in [0.2, 0.25) is 0 Å². The number of nitro benzene ring substituents is 1. The lowest BCUT2D eigenvalue weighted by Crippen LogP contribution is -2.11. The molecule has 3 aromatic carbocycles. The van der Waals surface area contributed by atoms with Gasteiger partial charge in [0.25, 0.3) is 11.6 Å². The lowest BCUT2D eigenvalue weighted by molar-refractivity contribution is -0.384. The first-order valence-electron chi connectivity index (χ1n) is 8.46. The van der Waals surface area contributed by atoms with Gasteiger partial charge < -0.3 is 10.5 Å². The summed E-state index contributed by atoms with van der Waals surface area (Å²) in [5.41, 5.74) is 1.94. The van der Waals surface area contributed by atoms with Crippen molar-refractivity contribution in [2.24, 2.45) is 0 Å². The number of nitro groups is 1. The van der Waals surface area contributed by atoms with Gasteiger partial charge in [0.15, 0.2) is 5.82 Å². The van der Waals surface area contributed by atoms with Crippen LogP contribution in [0.15, 0.2) is 66.7 Å². The van der Waals surface area contributed by atoms with Gasteiger partial charge in [-0.05, 0) is 54.6 Å². The first-order chi connectivity index (χ1) is 13.9. The number of carbonyl (C=O) groups excluding carboxylic acids is 1. The highest BCUT2D eigenvalue weighted by molar-refractivity contribution is 6.05. The molecule has 0 bridgehead atoms. The predicted octanol–water partition coefficient (Wildman–Crippen LogP) is 4.24. The number of hydrogen-bond donors (Lipinski definition) is 2. The number of benzene rings is 3. The van der Waals surface area contributed by atoms with Crippen molar-refractivity contribution in [2.45, 2.75) is 0 Å². The number of hydrogen-bond acceptors (Lipinski definition) is 5. The highest BCUT2D eigenvalue weighted by atomic mass is 19.1. The normalized spacial score (nSPS) is 10.8. The molecule has 29 heavy (non-hydrogen) atoms. The van der Waals surface area contributed by atoms with Crippen LogP contribution in [0.3, 0.4) is 0 Å². The van der Waals surface area contributed by atoms with Crippen molar-refractivity contribution in [2.75, 3.05) is 5.32 Å². The number of imidazole rings is 1. The second-order valence-electron chi connectivity index (χ2n) is 6.22. The van der Waals surface area contributed by atoms with Gasteiger partial charge in [0, 0.05) is 28.9 Å². The Morgan fingerprint density at radius 3 is 2.41 bits per heavy atom. The molecule has 0 aliphatic rings. The van der Waals surface area contributed by atoms with Crippen LogP contribution in [-0.2, 0) is 0 Å². The summed E-state index contributed by atoms with van der Waals surface area (Å²) >= 11 is 0. The first kappa shape index (κ1) is 18.1. The average molecular weight is 392 g/mol. The quantitative estimate of drug-likeness (QED) is 0.307. The van der Waals surface area contributed by atoms with Crippen LogP contribution >= 0.6 is 0 Å². The van der Waals surface area contributed by atoms with Gasteiger partial charge in [0.1, 0.15) is 11.3 Å². The Hall–Kier alpha value is -4.27. The van der Waals surface area contributed by atoms with Crippen molar-refractivity contribution in [1.82, 2.24) is 9.71 Å². The van der Waals surface area contributed by atoms with E-state index in [0.29, 0.717) is 22.3 Å². The molecule has 2 N–H and O–H groups in total. The molecule has 0 saturated carbocycles. The number of fused-ring (bicyclic) bond motifs is 1. The maximum Gasteiger partial charge on any atom is 0.269 e. The highest BCUT2D eigenvalue weighted by Gasteiger charge is 2.15. The molecule has 0 aliphatic carbocycles. The fraction of sp³-hybridized carbons (Fsp3) is 0. The van der Waals surface area contributed by atoms with Gasteiger partial charge in [-0.1, -0.05) is 0 Å². The van der Waals surface area contributed by atoms with Gasteiger partial charge in [-0.3, -0.25) is 14.9 Å². The van der Waals surface area contributed by atoms with Crippen molar-refractivity contribution in [1.29, 1.82) is 0 Å². The number of non-ortho nitro benzene ring substituents is 1. The molecule has 144 valence electrons. The molecule has 0 aliphatic heterocycles. The lowest BCUT2D eigenvalue weighted by Gasteiger charge is -2.06. The summed E-state index contributed by atoms with van der Waals surface area (Å²) in [6.45, 7) is 0. The maximum atomic E-state index is 13.0. The third-order valence-corrected chi connectivity index (χ3v) is 4.33. The second-order valence-corrected chi connectivity index (χ2v) is 6.22. The van der Waals surface area contributed by atoms with Crippen molar-refractivity contribution < 1.29 is 19.3 Å². The van der Waals surface area contributed by atoms with Crippen molar-refractivity contribution in [3.05, 3.63) is 88.2 Å². The number of nitrogens with zero attached hydrogens (tertiary/aromatic N) is 3. The summed E-state index contributed by atoms with van der Waals surface area (Å²) in [5.74, 6) is -0.660. The summed E-state index contributed by atoms with van der Waals surface area (Å²) < 4.78 is 13.8. The van der Waals surface area contributed by atoms with Crippen LogP contribution in [0.1, 0.15) is 10.4 Å². The number of nitrogens with one attached hydrogen (secondary N) is 1. The van der Waals surface area contributed by atoms with E-state index in [2.05, 4.69) is 10.3 Å². The molecule has 0 atom stereocenters. The summed E-state index contributed by atoms with van der Waals surface area (Å²) in [7, 11) is 0. The van der Waals surface area contributed by atoms with Crippen LogP contribution in [0.25, 0.3) is 22.4 Å². The molecule has 1 amide bonds. The van der Waals surface area contributed by atoms with Crippen molar-refractivity contribution in [3.8, 4) is 11.4 Å². The molecule has 0 saturated heterocycles. The van der Waals surface area contributed by atoms with Gasteiger partial charge in [-0.15, -0.1) is 0 Å². The molecular formula is C20H13FN4O4. The zero-order valence-corrected chi connectivity index (χ0v) is 14.7.